The highest BCUT2D eigenvalue weighted by molar-refractivity contribution is 7.95. The summed E-state index contributed by atoms with van der Waals surface area (Å²) in [6.45, 7) is 0. The number of hydrogen-bond acceptors (Lipinski definition) is 5. The number of nitrogens with one attached hydrogen (secondary N) is 1. The number of nitrogens with zero attached hydrogens (tertiary/aromatic N) is 1. The quantitative estimate of drug-likeness (QED) is 0.546. The molecule has 4 aromatic rings. The van der Waals surface area contributed by atoms with Crippen molar-refractivity contribution in [2.75, 3.05) is 4.72 Å². The van der Waals surface area contributed by atoms with Crippen LogP contribution in [0, 0.1) is 0 Å². The molecule has 4 nitrogen and oxygen atoms in total. The highest BCUT2D eigenvalue weighted by Crippen LogP contribution is 2.33. The molecule has 0 atom stereocenters. The Hall–Kier alpha value is -1.67. The molecule has 0 aliphatic carbocycles. The van der Waals surface area contributed by atoms with Gasteiger partial charge in [-0.1, -0.05) is 53.3 Å². The minimum absolute atomic E-state index is 0.173. The fraction of sp³-hybridized carbons (Fsp3) is 0. The second kappa shape index (κ2) is 5.45. The maximum atomic E-state index is 12.4. The van der Waals surface area contributed by atoms with Gasteiger partial charge >= 0.3 is 0 Å². The molecule has 116 valence electrons. The monoisotopic (exact) mass is 380 g/mol. The molecule has 2 aromatic heterocycles. The molecular weight excluding hydrogens is 372 g/mol. The van der Waals surface area contributed by atoms with E-state index in [0.717, 1.165) is 32.3 Å². The summed E-state index contributed by atoms with van der Waals surface area (Å²) in [6.07, 6.45) is 0. The predicted octanol–water partition coefficient (Wildman–Crippen LogP) is 4.97. The Balaban J connectivity index is 1.79. The van der Waals surface area contributed by atoms with E-state index in [0.29, 0.717) is 9.47 Å². The molecule has 0 saturated heterocycles. The van der Waals surface area contributed by atoms with Gasteiger partial charge in [0.15, 0.2) is 5.13 Å². The average molecular weight is 381 g/mol. The highest BCUT2D eigenvalue weighted by Gasteiger charge is 2.19. The largest absolute Gasteiger partial charge is 0.273 e. The first-order chi connectivity index (χ1) is 11.0. The van der Waals surface area contributed by atoms with Crippen LogP contribution in [0.4, 0.5) is 5.13 Å². The van der Waals surface area contributed by atoms with E-state index in [9.17, 15) is 8.42 Å². The molecule has 0 aliphatic heterocycles. The van der Waals surface area contributed by atoms with Crippen LogP contribution in [-0.2, 0) is 10.0 Å². The topological polar surface area (TPSA) is 59.1 Å². The van der Waals surface area contributed by atoms with Crippen molar-refractivity contribution < 1.29 is 8.42 Å². The fourth-order valence-corrected chi connectivity index (χ4v) is 5.91. The van der Waals surface area contributed by atoms with Crippen molar-refractivity contribution in [3.05, 3.63) is 52.9 Å². The third kappa shape index (κ3) is 2.70. The third-order valence-electron chi connectivity index (χ3n) is 3.32. The SMILES string of the molecule is O=S(=O)(Nc1nc2c(ccc3ccccc32)s1)c1ccc(Cl)s1. The molecule has 0 aliphatic rings. The number of benzene rings is 2. The van der Waals surface area contributed by atoms with Crippen molar-refractivity contribution in [1.82, 2.24) is 4.98 Å². The molecule has 0 amide bonds. The maximum absolute atomic E-state index is 12.4. The second-order valence-electron chi connectivity index (χ2n) is 4.82. The lowest BCUT2D eigenvalue weighted by atomic mass is 10.1. The summed E-state index contributed by atoms with van der Waals surface area (Å²) in [7, 11) is -3.66. The van der Waals surface area contributed by atoms with Crippen LogP contribution in [0.3, 0.4) is 0 Å². The molecule has 2 aromatic carbocycles. The van der Waals surface area contributed by atoms with E-state index < -0.39 is 10.0 Å². The molecule has 4 rings (SSSR count). The summed E-state index contributed by atoms with van der Waals surface area (Å²) in [5, 5.41) is 2.43. The molecule has 8 heteroatoms. The van der Waals surface area contributed by atoms with E-state index >= 15 is 0 Å². The number of anilines is 1. The summed E-state index contributed by atoms with van der Waals surface area (Å²) in [5.74, 6) is 0. The zero-order chi connectivity index (χ0) is 16.0. The van der Waals surface area contributed by atoms with Gasteiger partial charge in [0, 0.05) is 5.39 Å². The minimum Gasteiger partial charge on any atom is -0.254 e. The summed E-state index contributed by atoms with van der Waals surface area (Å²) < 4.78 is 28.8. The van der Waals surface area contributed by atoms with Crippen molar-refractivity contribution >= 4 is 70.4 Å². The summed E-state index contributed by atoms with van der Waals surface area (Å²) >= 11 is 8.14. The van der Waals surface area contributed by atoms with Gasteiger partial charge in [-0.25, -0.2) is 13.4 Å². The van der Waals surface area contributed by atoms with Gasteiger partial charge < -0.3 is 0 Å². The first kappa shape index (κ1) is 14.9. The van der Waals surface area contributed by atoms with Crippen molar-refractivity contribution in [2.45, 2.75) is 4.21 Å². The number of thiazole rings is 1. The molecule has 1 N–H and O–H groups in total. The predicted molar refractivity (Wildman–Crippen MR) is 97.3 cm³/mol. The summed E-state index contributed by atoms with van der Waals surface area (Å²) in [6, 6.07) is 14.9. The minimum atomic E-state index is -3.66. The van der Waals surface area contributed by atoms with Crippen LogP contribution >= 0.6 is 34.3 Å². The molecule has 0 fully saturated rings. The van der Waals surface area contributed by atoms with Gasteiger partial charge in [-0.3, -0.25) is 4.72 Å². The van der Waals surface area contributed by atoms with Gasteiger partial charge in [0.25, 0.3) is 10.0 Å². The molecule has 23 heavy (non-hydrogen) atoms. The Labute approximate surface area is 145 Å². The second-order valence-corrected chi connectivity index (χ2v) is 9.47. The van der Waals surface area contributed by atoms with E-state index in [1.54, 1.807) is 6.07 Å². The van der Waals surface area contributed by atoms with E-state index in [4.69, 9.17) is 11.6 Å². The zero-order valence-electron chi connectivity index (χ0n) is 11.5. The van der Waals surface area contributed by atoms with Crippen LogP contribution in [0.1, 0.15) is 0 Å². The molecule has 0 radical (unpaired) electrons. The Morgan fingerprint density at radius 3 is 2.61 bits per heavy atom. The van der Waals surface area contributed by atoms with Gasteiger partial charge in [0.1, 0.15) is 4.21 Å². The highest BCUT2D eigenvalue weighted by atomic mass is 35.5. The summed E-state index contributed by atoms with van der Waals surface area (Å²) in [4.78, 5) is 4.46. The van der Waals surface area contributed by atoms with E-state index in [1.165, 1.54) is 17.4 Å². The third-order valence-corrected chi connectivity index (χ3v) is 7.45. The number of rotatable bonds is 3. The molecule has 2 heterocycles. The molecule has 0 saturated carbocycles. The van der Waals surface area contributed by atoms with Crippen molar-refractivity contribution in [3.63, 3.8) is 0 Å². The number of thiophene rings is 1. The van der Waals surface area contributed by atoms with Crippen molar-refractivity contribution in [2.24, 2.45) is 0 Å². The Kier molecular flexibility index (Phi) is 3.53. The standard InChI is InChI=1S/C15H9ClN2O2S3/c16-12-7-8-13(22-12)23(19,20)18-15-17-14-10-4-2-1-3-9(10)5-6-11(14)21-15/h1-8H,(H,17,18). The van der Waals surface area contributed by atoms with Crippen LogP contribution < -0.4 is 4.72 Å². The zero-order valence-corrected chi connectivity index (χ0v) is 14.7. The van der Waals surface area contributed by atoms with Gasteiger partial charge in [-0.2, -0.15) is 0 Å². The average Bonchev–Trinajstić information content (AvgIpc) is 3.13. The normalized spacial score (nSPS) is 12.0. The summed E-state index contributed by atoms with van der Waals surface area (Å²) in [5.41, 5.74) is 0.801. The molecule has 0 unspecified atom stereocenters. The maximum Gasteiger partial charge on any atom is 0.273 e. The molecular formula is C15H9ClN2O2S3. The Morgan fingerprint density at radius 1 is 1.00 bits per heavy atom. The number of sulfonamides is 1. The Bertz CT molecular complexity index is 1130. The van der Waals surface area contributed by atoms with Gasteiger partial charge in [0.05, 0.1) is 14.6 Å². The lowest BCUT2D eigenvalue weighted by Gasteiger charge is -2.01. The van der Waals surface area contributed by atoms with Crippen LogP contribution in [0.15, 0.2) is 52.7 Å². The van der Waals surface area contributed by atoms with Gasteiger partial charge in [0.2, 0.25) is 0 Å². The molecule has 0 spiro atoms. The first-order valence-electron chi connectivity index (χ1n) is 6.59. The van der Waals surface area contributed by atoms with Crippen LogP contribution in [0.2, 0.25) is 4.34 Å². The van der Waals surface area contributed by atoms with E-state index in [1.807, 2.05) is 36.4 Å². The van der Waals surface area contributed by atoms with Gasteiger partial charge in [-0.15, -0.1) is 11.3 Å². The van der Waals surface area contributed by atoms with Crippen LogP contribution in [0.25, 0.3) is 21.0 Å². The van der Waals surface area contributed by atoms with E-state index in [2.05, 4.69) is 9.71 Å². The lowest BCUT2D eigenvalue weighted by Crippen LogP contribution is -2.10. The molecule has 0 bridgehead atoms. The van der Waals surface area contributed by atoms with Crippen molar-refractivity contribution in [3.8, 4) is 0 Å². The smallest absolute Gasteiger partial charge is 0.254 e. The number of halogens is 1. The fourth-order valence-electron chi connectivity index (χ4n) is 2.31. The van der Waals surface area contributed by atoms with E-state index in [-0.39, 0.29) is 4.21 Å². The number of fused-ring (bicyclic) bond motifs is 3. The van der Waals surface area contributed by atoms with Gasteiger partial charge in [-0.05, 0) is 23.6 Å². The number of aromatic nitrogens is 1. The first-order valence-corrected chi connectivity index (χ1v) is 10.1. The Morgan fingerprint density at radius 2 is 1.83 bits per heavy atom. The van der Waals surface area contributed by atoms with Crippen LogP contribution in [0.5, 0.6) is 0 Å². The lowest BCUT2D eigenvalue weighted by molar-refractivity contribution is 0.603. The van der Waals surface area contributed by atoms with Crippen molar-refractivity contribution in [1.29, 1.82) is 0 Å². The van der Waals surface area contributed by atoms with Crippen LogP contribution in [-0.4, -0.2) is 13.4 Å². The number of hydrogen-bond donors (Lipinski definition) is 1.